The van der Waals surface area contributed by atoms with E-state index in [9.17, 15) is 8.42 Å². The molecular formula is C11H11ClN4O2S2. The van der Waals surface area contributed by atoms with Crippen molar-refractivity contribution in [3.05, 3.63) is 29.3 Å². The zero-order valence-corrected chi connectivity index (χ0v) is 13.1. The summed E-state index contributed by atoms with van der Waals surface area (Å²) < 4.78 is 31.2. The highest BCUT2D eigenvalue weighted by atomic mass is 35.5. The molecule has 20 heavy (non-hydrogen) atoms. The van der Waals surface area contributed by atoms with Gasteiger partial charge in [0.1, 0.15) is 6.34 Å². The van der Waals surface area contributed by atoms with Crippen LogP contribution in [0.1, 0.15) is 0 Å². The molecule has 0 atom stereocenters. The maximum atomic E-state index is 11.9. The molecule has 0 aliphatic heterocycles. The normalized spacial score (nSPS) is 11.9. The Kier molecular flexibility index (Phi) is 4.36. The quantitative estimate of drug-likeness (QED) is 0.634. The molecule has 1 aromatic heterocycles. The second-order valence-corrected chi connectivity index (χ2v) is 6.99. The van der Waals surface area contributed by atoms with Crippen molar-refractivity contribution in [2.45, 2.75) is 4.34 Å². The molecule has 0 saturated carbocycles. The van der Waals surface area contributed by atoms with Gasteiger partial charge in [-0.15, -0.1) is 4.40 Å². The summed E-state index contributed by atoms with van der Waals surface area (Å²) >= 11 is 6.80. The predicted molar refractivity (Wildman–Crippen MR) is 79.7 cm³/mol. The minimum Gasteiger partial charge on any atom is -0.368 e. The van der Waals surface area contributed by atoms with Crippen molar-refractivity contribution in [3.63, 3.8) is 0 Å². The summed E-state index contributed by atoms with van der Waals surface area (Å²) in [5.41, 5.74) is 0.587. The molecule has 0 radical (unpaired) electrons. The SMILES string of the molecule is CN(C)C=NS(=O)(=O)c1nc(-c2ccccc2Cl)ns1. The molecule has 0 bridgehead atoms. The molecule has 0 amide bonds. The Hall–Kier alpha value is -1.51. The smallest absolute Gasteiger partial charge is 0.312 e. The zero-order valence-electron chi connectivity index (χ0n) is 10.7. The lowest BCUT2D eigenvalue weighted by molar-refractivity contribution is 0.594. The number of benzene rings is 1. The summed E-state index contributed by atoms with van der Waals surface area (Å²) in [5, 5.41) is 0.464. The maximum Gasteiger partial charge on any atom is 0.312 e. The molecule has 6 nitrogen and oxygen atoms in total. The molecule has 0 unspecified atom stereocenters. The summed E-state index contributed by atoms with van der Waals surface area (Å²) in [4.78, 5) is 5.52. The lowest BCUT2D eigenvalue weighted by Crippen LogP contribution is -2.10. The third kappa shape index (κ3) is 3.33. The van der Waals surface area contributed by atoms with E-state index in [1.165, 1.54) is 11.2 Å². The van der Waals surface area contributed by atoms with Gasteiger partial charge in [-0.05, 0) is 12.1 Å². The van der Waals surface area contributed by atoms with Crippen LogP contribution in [0.3, 0.4) is 0 Å². The van der Waals surface area contributed by atoms with Gasteiger partial charge in [-0.1, -0.05) is 23.7 Å². The van der Waals surface area contributed by atoms with E-state index in [1.54, 1.807) is 38.4 Å². The molecule has 106 valence electrons. The first-order valence-corrected chi connectivity index (χ1v) is 8.05. The van der Waals surface area contributed by atoms with E-state index in [4.69, 9.17) is 11.6 Å². The molecule has 2 aromatic rings. The van der Waals surface area contributed by atoms with Crippen LogP contribution in [0.15, 0.2) is 33.0 Å². The van der Waals surface area contributed by atoms with Crippen molar-refractivity contribution in [1.82, 2.24) is 14.3 Å². The van der Waals surface area contributed by atoms with Crippen molar-refractivity contribution >= 4 is 39.5 Å². The highest BCUT2D eigenvalue weighted by Gasteiger charge is 2.20. The fourth-order valence-electron chi connectivity index (χ4n) is 1.27. The van der Waals surface area contributed by atoms with Gasteiger partial charge >= 0.3 is 10.0 Å². The molecule has 0 N–H and O–H groups in total. The average Bonchev–Trinajstić information content (AvgIpc) is 2.87. The van der Waals surface area contributed by atoms with E-state index < -0.39 is 10.0 Å². The fourth-order valence-corrected chi connectivity index (χ4v) is 3.14. The number of aromatic nitrogens is 2. The van der Waals surface area contributed by atoms with Crippen molar-refractivity contribution in [2.75, 3.05) is 14.1 Å². The molecular weight excluding hydrogens is 320 g/mol. The van der Waals surface area contributed by atoms with Crippen LogP contribution >= 0.6 is 23.1 Å². The summed E-state index contributed by atoms with van der Waals surface area (Å²) in [6.45, 7) is 0. The highest BCUT2D eigenvalue weighted by molar-refractivity contribution is 7.92. The van der Waals surface area contributed by atoms with Crippen molar-refractivity contribution in [1.29, 1.82) is 0 Å². The van der Waals surface area contributed by atoms with Gasteiger partial charge < -0.3 is 4.90 Å². The van der Waals surface area contributed by atoms with Crippen molar-refractivity contribution in [3.8, 4) is 11.4 Å². The van der Waals surface area contributed by atoms with Gasteiger partial charge in [0.25, 0.3) is 4.34 Å². The molecule has 0 fully saturated rings. The molecule has 1 aromatic carbocycles. The van der Waals surface area contributed by atoms with E-state index >= 15 is 0 Å². The summed E-state index contributed by atoms with van der Waals surface area (Å²) in [7, 11) is -0.476. The lowest BCUT2D eigenvalue weighted by Gasteiger charge is -2.01. The predicted octanol–water partition coefficient (Wildman–Crippen LogP) is 2.14. The number of sulfonamides is 1. The maximum absolute atomic E-state index is 11.9. The number of rotatable bonds is 4. The Bertz CT molecular complexity index is 740. The van der Waals surface area contributed by atoms with Crippen molar-refractivity contribution in [2.24, 2.45) is 4.40 Å². The number of hydrogen-bond donors (Lipinski definition) is 0. The third-order valence-electron chi connectivity index (χ3n) is 2.16. The second kappa shape index (κ2) is 5.86. The van der Waals surface area contributed by atoms with Gasteiger partial charge in [0.2, 0.25) is 0 Å². The second-order valence-electron chi connectivity index (χ2n) is 4.02. The molecule has 0 aliphatic carbocycles. The monoisotopic (exact) mass is 330 g/mol. The van der Waals surface area contributed by atoms with E-state index in [2.05, 4.69) is 13.8 Å². The van der Waals surface area contributed by atoms with Crippen LogP contribution in [0.4, 0.5) is 0 Å². The molecule has 0 spiro atoms. The average molecular weight is 331 g/mol. The Morgan fingerprint density at radius 1 is 1.35 bits per heavy atom. The van der Waals surface area contributed by atoms with Gasteiger partial charge in [0.05, 0.1) is 5.02 Å². The van der Waals surface area contributed by atoms with Gasteiger partial charge in [-0.25, -0.2) is 4.98 Å². The minimum atomic E-state index is -3.83. The molecule has 2 rings (SSSR count). The Morgan fingerprint density at radius 3 is 2.70 bits per heavy atom. The van der Waals surface area contributed by atoms with Gasteiger partial charge in [0.15, 0.2) is 5.82 Å². The Balaban J connectivity index is 2.37. The first-order chi connectivity index (χ1) is 9.40. The van der Waals surface area contributed by atoms with Crippen LogP contribution in [0, 0.1) is 0 Å². The van der Waals surface area contributed by atoms with Gasteiger partial charge in [-0.3, -0.25) is 0 Å². The van der Waals surface area contributed by atoms with Gasteiger partial charge in [0, 0.05) is 31.2 Å². The van der Waals surface area contributed by atoms with Crippen LogP contribution in [0.25, 0.3) is 11.4 Å². The van der Waals surface area contributed by atoms with E-state index in [1.807, 2.05) is 0 Å². The summed E-state index contributed by atoms with van der Waals surface area (Å²) in [6, 6.07) is 6.97. The van der Waals surface area contributed by atoms with E-state index in [0.717, 1.165) is 11.5 Å². The highest BCUT2D eigenvalue weighted by Crippen LogP contribution is 2.27. The van der Waals surface area contributed by atoms with Crippen LogP contribution in [-0.2, 0) is 10.0 Å². The lowest BCUT2D eigenvalue weighted by atomic mass is 10.2. The first-order valence-electron chi connectivity index (χ1n) is 5.45. The van der Waals surface area contributed by atoms with Crippen LogP contribution in [0.2, 0.25) is 5.02 Å². The molecule has 0 saturated heterocycles. The zero-order chi connectivity index (χ0) is 14.8. The Labute approximate surface area is 126 Å². The van der Waals surface area contributed by atoms with Crippen LogP contribution in [0.5, 0.6) is 0 Å². The van der Waals surface area contributed by atoms with Crippen molar-refractivity contribution < 1.29 is 8.42 Å². The number of nitrogens with zero attached hydrogens (tertiary/aromatic N) is 4. The van der Waals surface area contributed by atoms with E-state index in [-0.39, 0.29) is 10.2 Å². The fraction of sp³-hybridized carbons (Fsp3) is 0.182. The van der Waals surface area contributed by atoms with Crippen LogP contribution in [-0.4, -0.2) is 43.1 Å². The Morgan fingerprint density at radius 2 is 2.05 bits per heavy atom. The number of halogens is 1. The largest absolute Gasteiger partial charge is 0.368 e. The minimum absolute atomic E-state index is 0.162. The molecule has 0 aliphatic rings. The molecule has 9 heteroatoms. The summed E-state index contributed by atoms with van der Waals surface area (Å²) in [6.07, 6.45) is 1.20. The third-order valence-corrected chi connectivity index (χ3v) is 4.76. The van der Waals surface area contributed by atoms with Gasteiger partial charge in [-0.2, -0.15) is 12.8 Å². The topological polar surface area (TPSA) is 75.5 Å². The van der Waals surface area contributed by atoms with E-state index in [0.29, 0.717) is 10.6 Å². The molecule has 1 heterocycles. The standard InChI is InChI=1S/C11H11ClN4O2S2/c1-16(2)7-13-20(17,18)11-14-10(15-19-11)8-5-3-4-6-9(8)12/h3-7H,1-2H3. The summed E-state index contributed by atoms with van der Waals surface area (Å²) in [5.74, 6) is 0.277. The van der Waals surface area contributed by atoms with Crippen LogP contribution < -0.4 is 0 Å². The first kappa shape index (κ1) is 14.9. The number of hydrogen-bond acceptors (Lipinski definition) is 5.